The summed E-state index contributed by atoms with van der Waals surface area (Å²) in [5.74, 6) is -0.264. The Labute approximate surface area is 193 Å². The Kier molecular flexibility index (Phi) is 10.6. The molecule has 1 aliphatic heterocycles. The summed E-state index contributed by atoms with van der Waals surface area (Å²) in [5, 5.41) is 2.45. The highest BCUT2D eigenvalue weighted by Gasteiger charge is 2.31. The van der Waals surface area contributed by atoms with E-state index in [1.54, 1.807) is 49.9 Å². The van der Waals surface area contributed by atoms with Gasteiger partial charge >= 0.3 is 26.0 Å². The number of carbonyl (C=O) groups excluding carboxylic acids is 3. The summed E-state index contributed by atoms with van der Waals surface area (Å²) in [4.78, 5) is 36.5. The number of amides is 2. The van der Waals surface area contributed by atoms with E-state index in [1.807, 2.05) is 0 Å². The molecule has 1 atom stereocenters. The molecule has 1 heterocycles. The van der Waals surface area contributed by atoms with Gasteiger partial charge in [-0.3, -0.25) is 9.05 Å². The number of nitrogens with one attached hydrogen (secondary N) is 1. The number of ether oxygens (including phenoxy) is 2. The quantitative estimate of drug-likeness (QED) is 0.179. The number of esters is 1. The van der Waals surface area contributed by atoms with Crippen molar-refractivity contribution in [1.82, 2.24) is 10.2 Å². The lowest BCUT2D eigenvalue weighted by Gasteiger charge is -2.22. The van der Waals surface area contributed by atoms with Gasteiger partial charge < -0.3 is 24.2 Å². The summed E-state index contributed by atoms with van der Waals surface area (Å²) in [5.41, 5.74) is 0.810. The van der Waals surface area contributed by atoms with Gasteiger partial charge in [-0.15, -0.1) is 0 Å². The largest absolute Gasteiger partial charge is 0.530 e. The van der Waals surface area contributed by atoms with Crippen LogP contribution >= 0.6 is 7.82 Å². The van der Waals surface area contributed by atoms with Crippen LogP contribution in [0.5, 0.6) is 5.75 Å². The molecule has 1 unspecified atom stereocenters. The van der Waals surface area contributed by atoms with Crippen LogP contribution < -0.4 is 9.84 Å². The first kappa shape index (κ1) is 26.6. The third-order valence-electron chi connectivity index (χ3n) is 4.56. The molecule has 11 nitrogen and oxygen atoms in total. The highest BCUT2D eigenvalue weighted by molar-refractivity contribution is 7.48. The predicted molar refractivity (Wildman–Crippen MR) is 118 cm³/mol. The lowest BCUT2D eigenvalue weighted by molar-refractivity contribution is -0.135. The molecule has 33 heavy (non-hydrogen) atoms. The van der Waals surface area contributed by atoms with Crippen LogP contribution in [0.2, 0.25) is 0 Å². The van der Waals surface area contributed by atoms with Crippen molar-refractivity contribution in [3.63, 3.8) is 0 Å². The second-order valence-corrected chi connectivity index (χ2v) is 8.63. The predicted octanol–water partition coefficient (Wildman–Crippen LogP) is 4.01. The van der Waals surface area contributed by atoms with Gasteiger partial charge in [0.05, 0.1) is 19.8 Å². The van der Waals surface area contributed by atoms with Crippen molar-refractivity contribution in [3.05, 3.63) is 29.8 Å². The average Bonchev–Trinajstić information content (AvgIpc) is 3.08. The van der Waals surface area contributed by atoms with E-state index >= 15 is 0 Å². The Morgan fingerprint density at radius 2 is 1.73 bits per heavy atom. The maximum Gasteiger partial charge on any atom is 0.530 e. The molecule has 0 aromatic heterocycles. The molecule has 2 amide bonds. The minimum Gasteiger partial charge on any atom is -0.450 e. The number of hydrogen-bond acceptors (Lipinski definition) is 9. The molecule has 1 fully saturated rings. The molecular formula is C21H31N2O9P. The molecule has 1 saturated heterocycles. The van der Waals surface area contributed by atoms with Gasteiger partial charge in [-0.05, 0) is 57.7 Å². The Morgan fingerprint density at radius 1 is 1.06 bits per heavy atom. The van der Waals surface area contributed by atoms with Crippen molar-refractivity contribution >= 4 is 26.0 Å². The second kappa shape index (κ2) is 13.2. The van der Waals surface area contributed by atoms with E-state index < -0.39 is 32.0 Å². The number of rotatable bonds is 14. The summed E-state index contributed by atoms with van der Waals surface area (Å²) in [7, 11) is -3.69. The standard InChI is InChI=1S/C21H31N2O9P/c1-4-28-21(26)23(14-8-7-9-18-19(24)31-20(25)22-18)15-16-10-12-17(13-11-16)32-33(27,29-5-2)30-6-3/h10-13,18H,4-9,14-15H2,1-3H3,(H,22,25). The Hall–Kier alpha value is -2.62. The van der Waals surface area contributed by atoms with E-state index in [-0.39, 0.29) is 26.4 Å². The smallest absolute Gasteiger partial charge is 0.450 e. The van der Waals surface area contributed by atoms with Crippen LogP contribution in [0.3, 0.4) is 0 Å². The molecule has 1 N–H and O–H groups in total. The number of alkyl carbamates (subject to hydrolysis) is 1. The molecule has 1 aliphatic rings. The van der Waals surface area contributed by atoms with Crippen molar-refractivity contribution in [2.24, 2.45) is 0 Å². The SMILES string of the molecule is CCOC(=O)N(CCCCC1NC(=O)OC1=O)Cc1ccc(OP(=O)(OCC)OCC)cc1. The maximum atomic E-state index is 12.5. The number of benzene rings is 1. The van der Waals surface area contributed by atoms with E-state index in [9.17, 15) is 18.9 Å². The molecule has 0 aliphatic carbocycles. The number of cyclic esters (lactones) is 2. The lowest BCUT2D eigenvalue weighted by atomic mass is 10.1. The van der Waals surface area contributed by atoms with Crippen LogP contribution in [0.15, 0.2) is 24.3 Å². The number of phosphoric acid groups is 1. The van der Waals surface area contributed by atoms with Crippen LogP contribution in [0.4, 0.5) is 9.59 Å². The van der Waals surface area contributed by atoms with Gasteiger partial charge in [-0.2, -0.15) is 0 Å². The molecule has 1 aromatic carbocycles. The van der Waals surface area contributed by atoms with Gasteiger partial charge in [0.25, 0.3) is 0 Å². The summed E-state index contributed by atoms with van der Waals surface area (Å²) in [6, 6.07) is 6.09. The van der Waals surface area contributed by atoms with E-state index in [4.69, 9.17) is 18.3 Å². The van der Waals surface area contributed by atoms with Crippen molar-refractivity contribution in [1.29, 1.82) is 0 Å². The summed E-state index contributed by atoms with van der Waals surface area (Å²) in [6.45, 7) is 6.40. The third kappa shape index (κ3) is 8.68. The minimum absolute atomic E-state index is 0.179. The van der Waals surface area contributed by atoms with E-state index in [2.05, 4.69) is 10.1 Å². The number of phosphoric ester groups is 1. The second-order valence-electron chi connectivity index (χ2n) is 7.04. The Balaban J connectivity index is 1.92. The van der Waals surface area contributed by atoms with Crippen LogP contribution in [0.1, 0.15) is 45.6 Å². The van der Waals surface area contributed by atoms with E-state index in [0.29, 0.717) is 31.6 Å². The fraction of sp³-hybridized carbons (Fsp3) is 0.571. The zero-order chi connectivity index (χ0) is 24.3. The van der Waals surface area contributed by atoms with Crippen LogP contribution in [0.25, 0.3) is 0 Å². The van der Waals surface area contributed by atoms with Crippen LogP contribution in [0, 0.1) is 0 Å². The monoisotopic (exact) mass is 486 g/mol. The first-order valence-electron chi connectivity index (χ1n) is 10.9. The summed E-state index contributed by atoms with van der Waals surface area (Å²) >= 11 is 0. The molecule has 2 rings (SSSR count). The summed E-state index contributed by atoms with van der Waals surface area (Å²) < 4.78 is 37.7. The highest BCUT2D eigenvalue weighted by Crippen LogP contribution is 2.49. The molecule has 0 bridgehead atoms. The highest BCUT2D eigenvalue weighted by atomic mass is 31.2. The van der Waals surface area contributed by atoms with Crippen LogP contribution in [-0.4, -0.2) is 55.5 Å². The van der Waals surface area contributed by atoms with Gasteiger partial charge in [0, 0.05) is 13.1 Å². The summed E-state index contributed by atoms with van der Waals surface area (Å²) in [6.07, 6.45) is 0.443. The fourth-order valence-corrected chi connectivity index (χ4v) is 4.29. The molecule has 12 heteroatoms. The van der Waals surface area contributed by atoms with Crippen LogP contribution in [-0.2, 0) is 34.4 Å². The minimum atomic E-state index is -3.69. The number of nitrogens with zero attached hydrogens (tertiary/aromatic N) is 1. The molecule has 1 aromatic rings. The van der Waals surface area contributed by atoms with Gasteiger partial charge in [0.1, 0.15) is 11.8 Å². The normalized spacial score (nSPS) is 15.7. The first-order valence-corrected chi connectivity index (χ1v) is 12.4. The first-order chi connectivity index (χ1) is 15.8. The Bertz CT molecular complexity index is 837. The van der Waals surface area contributed by atoms with Crippen molar-refractivity contribution in [2.75, 3.05) is 26.4 Å². The third-order valence-corrected chi connectivity index (χ3v) is 6.14. The maximum absolute atomic E-state index is 12.5. The van der Waals surface area contributed by atoms with Crippen molar-refractivity contribution < 1.29 is 42.0 Å². The Morgan fingerprint density at radius 3 is 2.27 bits per heavy atom. The molecule has 0 spiro atoms. The van der Waals surface area contributed by atoms with Gasteiger partial charge in [-0.25, -0.2) is 18.9 Å². The zero-order valence-electron chi connectivity index (χ0n) is 19.1. The molecule has 0 radical (unpaired) electrons. The number of unbranched alkanes of at least 4 members (excludes halogenated alkanes) is 1. The number of hydrogen-bond donors (Lipinski definition) is 1. The van der Waals surface area contributed by atoms with E-state index in [0.717, 1.165) is 5.56 Å². The lowest BCUT2D eigenvalue weighted by Crippen LogP contribution is -2.33. The molecular weight excluding hydrogens is 455 g/mol. The average molecular weight is 486 g/mol. The molecule has 184 valence electrons. The van der Waals surface area contributed by atoms with Crippen molar-refractivity contribution in [3.8, 4) is 5.75 Å². The van der Waals surface area contributed by atoms with Gasteiger partial charge in [0.15, 0.2) is 0 Å². The van der Waals surface area contributed by atoms with E-state index in [1.165, 1.54) is 0 Å². The zero-order valence-corrected chi connectivity index (χ0v) is 20.0. The van der Waals surface area contributed by atoms with Gasteiger partial charge in [-0.1, -0.05) is 12.1 Å². The fourth-order valence-electron chi connectivity index (χ4n) is 3.10. The van der Waals surface area contributed by atoms with Crippen molar-refractivity contribution in [2.45, 2.75) is 52.6 Å². The topological polar surface area (TPSA) is 130 Å². The van der Waals surface area contributed by atoms with Gasteiger partial charge in [0.2, 0.25) is 0 Å². The molecule has 0 saturated carbocycles. The number of carbonyl (C=O) groups is 3.